The van der Waals surface area contributed by atoms with Gasteiger partial charge in [-0.25, -0.2) is 9.18 Å². The molecule has 3 fully saturated rings. The number of amides is 1. The van der Waals surface area contributed by atoms with Crippen LogP contribution in [0.2, 0.25) is 0 Å². The summed E-state index contributed by atoms with van der Waals surface area (Å²) in [7, 11) is 0. The second kappa shape index (κ2) is 6.77. The number of nitrogens with one attached hydrogen (secondary N) is 1. The molecule has 5 rings (SSSR count). The van der Waals surface area contributed by atoms with Gasteiger partial charge >= 0.3 is 6.09 Å². The lowest BCUT2D eigenvalue weighted by molar-refractivity contribution is -0.0289. The molecule has 0 saturated carbocycles. The van der Waals surface area contributed by atoms with Gasteiger partial charge in [0, 0.05) is 21.9 Å². The van der Waals surface area contributed by atoms with E-state index in [2.05, 4.69) is 10.2 Å². The molecule has 1 aromatic heterocycles. The van der Waals surface area contributed by atoms with Crippen molar-refractivity contribution in [3.05, 3.63) is 41.0 Å². The van der Waals surface area contributed by atoms with Gasteiger partial charge in [0.15, 0.2) is 0 Å². The van der Waals surface area contributed by atoms with Gasteiger partial charge in [-0.3, -0.25) is 10.2 Å². The number of carbonyl (C=O) groups is 1. The minimum absolute atomic E-state index is 0.0459. The standard InChI is InChI=1S/C19H21FN2O2S/c1-12-2-5-18(25-12)15-10-14(20)3-4-16(15)21-19(23)24-17-11-22-8-6-13(17)7-9-22/h2-5,10,13,17H,6-9,11H2,1H3,(H,21,23)/t17-/m0/s1. The quantitative estimate of drug-likeness (QED) is 0.876. The van der Waals surface area contributed by atoms with Gasteiger partial charge in [0.2, 0.25) is 0 Å². The summed E-state index contributed by atoms with van der Waals surface area (Å²) in [6, 6.07) is 8.33. The lowest BCUT2D eigenvalue weighted by Gasteiger charge is -2.43. The molecule has 3 aliphatic rings. The van der Waals surface area contributed by atoms with Crippen LogP contribution >= 0.6 is 11.3 Å². The molecule has 1 N–H and O–H groups in total. The molecule has 1 aromatic carbocycles. The van der Waals surface area contributed by atoms with Crippen molar-refractivity contribution in [1.29, 1.82) is 0 Å². The van der Waals surface area contributed by atoms with E-state index in [1.165, 1.54) is 12.1 Å². The van der Waals surface area contributed by atoms with Gasteiger partial charge in [-0.15, -0.1) is 11.3 Å². The summed E-state index contributed by atoms with van der Waals surface area (Å²) in [5.41, 5.74) is 1.26. The number of ether oxygens (including phenoxy) is 1. The zero-order valence-corrected chi connectivity index (χ0v) is 14.9. The van der Waals surface area contributed by atoms with Crippen LogP contribution in [0.5, 0.6) is 0 Å². The van der Waals surface area contributed by atoms with Crippen LogP contribution in [0.15, 0.2) is 30.3 Å². The molecule has 2 bridgehead atoms. The summed E-state index contributed by atoms with van der Waals surface area (Å²) < 4.78 is 19.4. The van der Waals surface area contributed by atoms with E-state index >= 15 is 0 Å². The number of benzene rings is 1. The van der Waals surface area contributed by atoms with Crippen molar-refractivity contribution in [3.8, 4) is 10.4 Å². The summed E-state index contributed by atoms with van der Waals surface area (Å²) in [6.45, 7) is 5.03. The first kappa shape index (κ1) is 16.5. The summed E-state index contributed by atoms with van der Waals surface area (Å²) >= 11 is 1.57. The third-order valence-corrected chi connectivity index (χ3v) is 6.11. The van der Waals surface area contributed by atoms with Gasteiger partial charge in [0.25, 0.3) is 0 Å². The number of halogens is 1. The fourth-order valence-electron chi connectivity index (χ4n) is 3.73. The van der Waals surface area contributed by atoms with Gasteiger partial charge < -0.3 is 4.74 Å². The van der Waals surface area contributed by atoms with Crippen molar-refractivity contribution in [2.24, 2.45) is 5.92 Å². The Bertz CT molecular complexity index is 783. The Morgan fingerprint density at radius 1 is 1.28 bits per heavy atom. The number of hydrogen-bond acceptors (Lipinski definition) is 4. The average molecular weight is 360 g/mol. The van der Waals surface area contributed by atoms with E-state index in [1.807, 2.05) is 19.1 Å². The van der Waals surface area contributed by atoms with Crippen molar-refractivity contribution in [3.63, 3.8) is 0 Å². The van der Waals surface area contributed by atoms with E-state index in [0.29, 0.717) is 17.2 Å². The molecule has 0 unspecified atom stereocenters. The van der Waals surface area contributed by atoms with Crippen molar-refractivity contribution in [2.45, 2.75) is 25.9 Å². The van der Waals surface area contributed by atoms with Crippen molar-refractivity contribution < 1.29 is 13.9 Å². The number of fused-ring (bicyclic) bond motifs is 3. The number of thiophene rings is 1. The van der Waals surface area contributed by atoms with E-state index in [9.17, 15) is 9.18 Å². The minimum Gasteiger partial charge on any atom is -0.444 e. The Labute approximate surface area is 150 Å². The smallest absolute Gasteiger partial charge is 0.411 e. The van der Waals surface area contributed by atoms with E-state index in [4.69, 9.17) is 4.74 Å². The highest BCUT2D eigenvalue weighted by Gasteiger charge is 2.36. The Kier molecular flexibility index (Phi) is 4.48. The summed E-state index contributed by atoms with van der Waals surface area (Å²) in [5, 5.41) is 2.81. The molecule has 0 spiro atoms. The summed E-state index contributed by atoms with van der Waals surface area (Å²) in [6.07, 6.45) is 1.68. The molecule has 0 aliphatic carbocycles. The van der Waals surface area contributed by atoms with Gasteiger partial charge in [-0.05, 0) is 69.1 Å². The molecule has 25 heavy (non-hydrogen) atoms. The fourth-order valence-corrected chi connectivity index (χ4v) is 4.63. The SMILES string of the molecule is Cc1ccc(-c2cc(F)ccc2NC(=O)O[C@H]2C[N@]3CC[C@H]2CC3)s1. The largest absolute Gasteiger partial charge is 0.444 e. The second-order valence-corrected chi connectivity index (χ2v) is 8.09. The Morgan fingerprint density at radius 2 is 2.08 bits per heavy atom. The maximum Gasteiger partial charge on any atom is 0.411 e. The molecule has 1 atom stereocenters. The van der Waals surface area contributed by atoms with E-state index in [-0.39, 0.29) is 11.9 Å². The average Bonchev–Trinajstić information content (AvgIpc) is 3.04. The summed E-state index contributed by atoms with van der Waals surface area (Å²) in [5.74, 6) is 0.140. The number of aryl methyl sites for hydroxylation is 1. The van der Waals surface area contributed by atoms with Gasteiger partial charge in [-0.2, -0.15) is 0 Å². The second-order valence-electron chi connectivity index (χ2n) is 6.81. The highest BCUT2D eigenvalue weighted by molar-refractivity contribution is 7.15. The zero-order valence-electron chi connectivity index (χ0n) is 14.1. The third kappa shape index (κ3) is 3.55. The van der Waals surface area contributed by atoms with Crippen LogP contribution in [-0.4, -0.2) is 36.7 Å². The highest BCUT2D eigenvalue weighted by atomic mass is 32.1. The number of carbonyl (C=O) groups excluding carboxylic acids is 1. The predicted molar refractivity (Wildman–Crippen MR) is 97.5 cm³/mol. The van der Waals surface area contributed by atoms with E-state index in [1.54, 1.807) is 17.4 Å². The third-order valence-electron chi connectivity index (χ3n) is 5.08. The van der Waals surface area contributed by atoms with E-state index < -0.39 is 6.09 Å². The molecular formula is C19H21FN2O2S. The van der Waals surface area contributed by atoms with Gasteiger partial charge in [0.05, 0.1) is 5.69 Å². The van der Waals surface area contributed by atoms with E-state index in [0.717, 1.165) is 42.2 Å². The van der Waals surface area contributed by atoms with Crippen LogP contribution < -0.4 is 5.32 Å². The Morgan fingerprint density at radius 3 is 2.72 bits per heavy atom. The van der Waals surface area contributed by atoms with Crippen molar-refractivity contribution in [2.75, 3.05) is 25.0 Å². The van der Waals surface area contributed by atoms with Crippen LogP contribution in [0.4, 0.5) is 14.9 Å². The number of nitrogens with zero attached hydrogens (tertiary/aromatic N) is 1. The Hall–Kier alpha value is -1.92. The van der Waals surface area contributed by atoms with Crippen molar-refractivity contribution in [1.82, 2.24) is 4.90 Å². The predicted octanol–water partition coefficient (Wildman–Crippen LogP) is 4.51. The fraction of sp³-hybridized carbons (Fsp3) is 0.421. The van der Waals surface area contributed by atoms with Crippen LogP contribution in [0, 0.1) is 18.7 Å². The molecule has 1 amide bonds. The highest BCUT2D eigenvalue weighted by Crippen LogP contribution is 2.35. The minimum atomic E-state index is -0.458. The van der Waals surface area contributed by atoms with Gasteiger partial charge in [-0.1, -0.05) is 0 Å². The maximum absolute atomic E-state index is 13.7. The monoisotopic (exact) mass is 360 g/mol. The number of piperidine rings is 3. The lowest BCUT2D eigenvalue weighted by atomic mass is 9.86. The molecule has 6 heteroatoms. The van der Waals surface area contributed by atoms with Crippen LogP contribution in [0.3, 0.4) is 0 Å². The number of anilines is 1. The van der Waals surface area contributed by atoms with Crippen LogP contribution in [0.1, 0.15) is 17.7 Å². The molecule has 0 radical (unpaired) electrons. The molecule has 4 heterocycles. The molecule has 3 aliphatic heterocycles. The number of rotatable bonds is 3. The first-order chi connectivity index (χ1) is 12.1. The first-order valence-electron chi connectivity index (χ1n) is 8.65. The Balaban J connectivity index is 1.49. The zero-order chi connectivity index (χ0) is 17.4. The topological polar surface area (TPSA) is 41.6 Å². The number of hydrogen-bond donors (Lipinski definition) is 1. The molecule has 2 aromatic rings. The molecule has 132 valence electrons. The summed E-state index contributed by atoms with van der Waals surface area (Å²) in [4.78, 5) is 16.8. The lowest BCUT2D eigenvalue weighted by Crippen LogP contribution is -2.52. The van der Waals surface area contributed by atoms with Crippen LogP contribution in [0.25, 0.3) is 10.4 Å². The first-order valence-corrected chi connectivity index (χ1v) is 9.46. The molecular weight excluding hydrogens is 339 g/mol. The van der Waals surface area contributed by atoms with Crippen molar-refractivity contribution >= 4 is 23.1 Å². The van der Waals surface area contributed by atoms with Gasteiger partial charge in [0.1, 0.15) is 11.9 Å². The van der Waals surface area contributed by atoms with Crippen LogP contribution in [-0.2, 0) is 4.74 Å². The normalized spacial score (nSPS) is 25.0. The molecule has 4 nitrogen and oxygen atoms in total. The molecule has 3 saturated heterocycles. The maximum atomic E-state index is 13.7.